The number of halogens is 1. The predicted molar refractivity (Wildman–Crippen MR) is 61.9 cm³/mol. The zero-order valence-electron chi connectivity index (χ0n) is 10.7. The first-order valence-corrected chi connectivity index (χ1v) is 6.89. The van der Waals surface area contributed by atoms with Crippen molar-refractivity contribution in [1.29, 1.82) is 0 Å². The quantitative estimate of drug-likeness (QED) is 0.778. The fourth-order valence-electron chi connectivity index (χ4n) is 1.49. The molecule has 17 heavy (non-hydrogen) atoms. The molecule has 0 bridgehead atoms. The van der Waals surface area contributed by atoms with Crippen molar-refractivity contribution in [3.8, 4) is 0 Å². The van der Waals surface area contributed by atoms with Crippen LogP contribution >= 0.6 is 0 Å². The average molecular weight is 263 g/mol. The molecule has 0 spiro atoms. The molecule has 0 aliphatic heterocycles. The molecule has 0 radical (unpaired) electrons. The Balaban J connectivity index is 3.44. The van der Waals surface area contributed by atoms with E-state index in [1.807, 2.05) is 27.7 Å². The summed E-state index contributed by atoms with van der Waals surface area (Å²) in [6.45, 7) is 9.91. The summed E-state index contributed by atoms with van der Waals surface area (Å²) in [5.74, 6) is 0.721. The van der Waals surface area contributed by atoms with Crippen molar-refractivity contribution in [2.75, 3.05) is 0 Å². The van der Waals surface area contributed by atoms with Crippen molar-refractivity contribution < 1.29 is 12.3 Å². The van der Waals surface area contributed by atoms with Gasteiger partial charge in [0.25, 0.3) is 5.16 Å². The monoisotopic (exact) mass is 263 g/mol. The average Bonchev–Trinajstić information content (AvgIpc) is 2.60. The maximum absolute atomic E-state index is 13.0. The minimum absolute atomic E-state index is 0.229. The van der Waals surface area contributed by atoms with Crippen molar-refractivity contribution in [1.82, 2.24) is 14.8 Å². The second-order valence-corrected chi connectivity index (χ2v) is 6.11. The maximum atomic E-state index is 13.0. The van der Waals surface area contributed by atoms with Crippen LogP contribution in [0.5, 0.6) is 0 Å². The fourth-order valence-corrected chi connectivity index (χ4v) is 2.11. The van der Waals surface area contributed by atoms with E-state index in [-0.39, 0.29) is 11.3 Å². The van der Waals surface area contributed by atoms with E-state index < -0.39 is 15.4 Å². The van der Waals surface area contributed by atoms with E-state index in [1.54, 1.807) is 6.92 Å². The van der Waals surface area contributed by atoms with Crippen LogP contribution in [-0.2, 0) is 22.2 Å². The number of aromatic nitrogens is 3. The third-order valence-corrected chi connectivity index (χ3v) is 4.01. The highest BCUT2D eigenvalue weighted by molar-refractivity contribution is 7.86. The first-order valence-electron chi connectivity index (χ1n) is 5.50. The summed E-state index contributed by atoms with van der Waals surface area (Å²) in [6.07, 6.45) is 0. The topological polar surface area (TPSA) is 64.8 Å². The normalized spacial score (nSPS) is 13.4. The van der Waals surface area contributed by atoms with Gasteiger partial charge in [0.15, 0.2) is 0 Å². The van der Waals surface area contributed by atoms with Crippen LogP contribution in [0.2, 0.25) is 0 Å². The third kappa shape index (κ3) is 2.48. The summed E-state index contributed by atoms with van der Waals surface area (Å²) >= 11 is 0. The lowest BCUT2D eigenvalue weighted by atomic mass is 9.80. The van der Waals surface area contributed by atoms with Crippen LogP contribution < -0.4 is 0 Å². The predicted octanol–water partition coefficient (Wildman–Crippen LogP) is 1.89. The van der Waals surface area contributed by atoms with Crippen LogP contribution in [0.25, 0.3) is 0 Å². The van der Waals surface area contributed by atoms with Crippen molar-refractivity contribution in [3.63, 3.8) is 0 Å². The summed E-state index contributed by atoms with van der Waals surface area (Å²) in [5, 5.41) is 6.69. The van der Waals surface area contributed by atoms with Gasteiger partial charge >= 0.3 is 10.2 Å². The lowest BCUT2D eigenvalue weighted by molar-refractivity contribution is 0.334. The highest BCUT2D eigenvalue weighted by atomic mass is 32.3. The zero-order valence-corrected chi connectivity index (χ0v) is 11.5. The first-order chi connectivity index (χ1) is 7.62. The molecule has 0 saturated heterocycles. The van der Waals surface area contributed by atoms with Crippen molar-refractivity contribution in [3.05, 3.63) is 5.82 Å². The molecule has 1 rings (SSSR count). The molecular weight excluding hydrogens is 245 g/mol. The largest absolute Gasteiger partial charge is 0.368 e. The molecule has 1 heterocycles. The highest BCUT2D eigenvalue weighted by Gasteiger charge is 2.34. The molecule has 0 aliphatic rings. The minimum atomic E-state index is -4.82. The summed E-state index contributed by atoms with van der Waals surface area (Å²) in [5.41, 5.74) is -0.369. The SMILES string of the molecule is CCn1c(C(C)(C)C(C)C)nnc1S(=O)(=O)F. The number of rotatable bonds is 4. The van der Waals surface area contributed by atoms with Crippen LogP contribution in [0.4, 0.5) is 3.89 Å². The van der Waals surface area contributed by atoms with Gasteiger partial charge in [0, 0.05) is 12.0 Å². The van der Waals surface area contributed by atoms with E-state index in [1.165, 1.54) is 4.57 Å². The van der Waals surface area contributed by atoms with Gasteiger partial charge in [0.1, 0.15) is 5.82 Å². The molecule has 1 aromatic heterocycles. The summed E-state index contributed by atoms with van der Waals surface area (Å²) in [7, 11) is -4.82. The van der Waals surface area contributed by atoms with Gasteiger partial charge in [-0.2, -0.15) is 8.42 Å². The van der Waals surface area contributed by atoms with Crippen LogP contribution in [0.1, 0.15) is 40.4 Å². The molecule has 5 nitrogen and oxygen atoms in total. The highest BCUT2D eigenvalue weighted by Crippen LogP contribution is 2.31. The second kappa shape index (κ2) is 4.36. The van der Waals surface area contributed by atoms with E-state index >= 15 is 0 Å². The molecule has 0 atom stereocenters. The molecule has 0 saturated carbocycles. The number of hydrogen-bond donors (Lipinski definition) is 0. The van der Waals surface area contributed by atoms with Gasteiger partial charge in [-0.1, -0.05) is 31.6 Å². The molecule has 0 aliphatic carbocycles. The van der Waals surface area contributed by atoms with E-state index in [0.29, 0.717) is 12.4 Å². The Kier molecular flexibility index (Phi) is 3.61. The summed E-state index contributed by atoms with van der Waals surface area (Å²) < 4.78 is 36.2. The summed E-state index contributed by atoms with van der Waals surface area (Å²) in [4.78, 5) is 0. The number of hydrogen-bond acceptors (Lipinski definition) is 4. The van der Waals surface area contributed by atoms with Gasteiger partial charge in [0.05, 0.1) is 0 Å². The summed E-state index contributed by atoms with van der Waals surface area (Å²) in [6, 6.07) is 0. The Bertz CT molecular complexity index is 506. The Morgan fingerprint density at radius 3 is 2.24 bits per heavy atom. The van der Waals surface area contributed by atoms with Crippen LogP contribution in [-0.4, -0.2) is 23.2 Å². The lowest BCUT2D eigenvalue weighted by Crippen LogP contribution is -2.29. The molecule has 0 N–H and O–H groups in total. The zero-order chi connectivity index (χ0) is 13.4. The van der Waals surface area contributed by atoms with Gasteiger partial charge < -0.3 is 0 Å². The fraction of sp³-hybridized carbons (Fsp3) is 0.800. The third-order valence-electron chi connectivity index (χ3n) is 3.27. The molecule has 1 aromatic rings. The first kappa shape index (κ1) is 14.1. The Labute approximate surface area is 101 Å². The van der Waals surface area contributed by atoms with Crippen molar-refractivity contribution in [2.45, 2.75) is 51.7 Å². The molecule has 7 heteroatoms. The maximum Gasteiger partial charge on any atom is 0.368 e. The molecule has 0 fully saturated rings. The van der Waals surface area contributed by atoms with Crippen molar-refractivity contribution >= 4 is 10.2 Å². The smallest absolute Gasteiger partial charge is 0.299 e. The minimum Gasteiger partial charge on any atom is -0.299 e. The molecule has 0 unspecified atom stereocenters. The van der Waals surface area contributed by atoms with E-state index in [0.717, 1.165) is 0 Å². The van der Waals surface area contributed by atoms with E-state index in [9.17, 15) is 12.3 Å². The Morgan fingerprint density at radius 2 is 1.88 bits per heavy atom. The molecule has 0 aromatic carbocycles. The molecule has 0 amide bonds. The Hall–Kier alpha value is -0.980. The number of nitrogens with zero attached hydrogens (tertiary/aromatic N) is 3. The van der Waals surface area contributed by atoms with Crippen molar-refractivity contribution in [2.24, 2.45) is 5.92 Å². The van der Waals surface area contributed by atoms with Gasteiger partial charge in [0.2, 0.25) is 0 Å². The van der Waals surface area contributed by atoms with Gasteiger partial charge in [-0.05, 0) is 12.8 Å². The van der Waals surface area contributed by atoms with Crippen LogP contribution in [0.15, 0.2) is 5.16 Å². The lowest BCUT2D eigenvalue weighted by Gasteiger charge is -2.28. The molecule has 98 valence electrons. The standard InChI is InChI=1S/C10H18FN3O2S/c1-6-14-8(10(4,5)7(2)3)12-13-9(14)17(11,15)16/h7H,6H2,1-5H3. The van der Waals surface area contributed by atoms with Crippen LogP contribution in [0.3, 0.4) is 0 Å². The van der Waals surface area contributed by atoms with Gasteiger partial charge in [-0.3, -0.25) is 4.57 Å². The molecular formula is C10H18FN3O2S. The van der Waals surface area contributed by atoms with E-state index in [2.05, 4.69) is 10.2 Å². The van der Waals surface area contributed by atoms with Gasteiger partial charge in [-0.15, -0.1) is 10.2 Å². The Morgan fingerprint density at radius 1 is 1.35 bits per heavy atom. The van der Waals surface area contributed by atoms with E-state index in [4.69, 9.17) is 0 Å². The second-order valence-electron chi connectivity index (χ2n) is 4.86. The van der Waals surface area contributed by atoms with Gasteiger partial charge in [-0.25, -0.2) is 0 Å². The van der Waals surface area contributed by atoms with Crippen LogP contribution in [0, 0.1) is 5.92 Å².